The minimum Gasteiger partial charge on any atom is -0.481 e. The topological polar surface area (TPSA) is 86.7 Å². The van der Waals surface area contributed by atoms with Crippen LogP contribution in [0.2, 0.25) is 0 Å². The number of nitrogens with one attached hydrogen (secondary N) is 1. The quantitative estimate of drug-likeness (QED) is 0.835. The Morgan fingerprint density at radius 1 is 1.26 bits per heavy atom. The van der Waals surface area contributed by atoms with Gasteiger partial charge in [0.15, 0.2) is 0 Å². The molecular weight excluding hydrogens is 303 g/mol. The molecule has 124 valence electrons. The number of carbonyl (C=O) groups is 3. The molecule has 0 spiro atoms. The van der Waals surface area contributed by atoms with Gasteiger partial charge in [0, 0.05) is 11.7 Å². The van der Waals surface area contributed by atoms with E-state index in [4.69, 9.17) is 5.11 Å². The molecule has 1 aromatic rings. The van der Waals surface area contributed by atoms with E-state index in [2.05, 4.69) is 5.32 Å². The lowest BCUT2D eigenvalue weighted by atomic mass is 10.2. The van der Waals surface area contributed by atoms with Gasteiger partial charge >= 0.3 is 5.97 Å². The Hall–Kier alpha value is -2.44. The van der Waals surface area contributed by atoms with Crippen LogP contribution in [-0.4, -0.2) is 40.4 Å². The normalized spacial score (nSPS) is 19.3. The number of nitrogens with zero attached hydrogens (tertiary/aromatic N) is 1. The van der Waals surface area contributed by atoms with Crippen LogP contribution in [0.1, 0.15) is 20.3 Å². The second-order valence-electron chi connectivity index (χ2n) is 5.90. The van der Waals surface area contributed by atoms with Crippen LogP contribution in [0.3, 0.4) is 0 Å². The maximum absolute atomic E-state index is 12.8. The SMILES string of the molecule is CC(C)N(CC(=O)Nc1ccc(F)cc1)C(=O)C1CC1C(=O)O. The number of benzene rings is 1. The number of carboxylic acids is 1. The number of carbonyl (C=O) groups excluding carboxylic acids is 2. The summed E-state index contributed by atoms with van der Waals surface area (Å²) in [5, 5.41) is 11.5. The maximum atomic E-state index is 12.8. The molecule has 6 nitrogen and oxygen atoms in total. The molecule has 0 aliphatic heterocycles. The Morgan fingerprint density at radius 2 is 1.87 bits per heavy atom. The minimum atomic E-state index is -0.984. The van der Waals surface area contributed by atoms with Gasteiger partial charge in [-0.2, -0.15) is 0 Å². The van der Waals surface area contributed by atoms with Crippen molar-refractivity contribution in [1.29, 1.82) is 0 Å². The van der Waals surface area contributed by atoms with Crippen LogP contribution in [0.5, 0.6) is 0 Å². The van der Waals surface area contributed by atoms with Gasteiger partial charge in [-0.1, -0.05) is 0 Å². The molecule has 1 aliphatic rings. The molecule has 0 saturated heterocycles. The second-order valence-corrected chi connectivity index (χ2v) is 5.90. The first kappa shape index (κ1) is 16.9. The van der Waals surface area contributed by atoms with E-state index < -0.39 is 29.5 Å². The van der Waals surface area contributed by atoms with E-state index in [0.29, 0.717) is 12.1 Å². The number of halogens is 1. The molecule has 0 heterocycles. The standard InChI is InChI=1S/C16H19FN2O4/c1-9(2)19(15(21)12-7-13(12)16(22)23)8-14(20)18-11-5-3-10(17)4-6-11/h3-6,9,12-13H,7-8H2,1-2H3,(H,18,20)(H,22,23). The van der Waals surface area contributed by atoms with Crippen LogP contribution in [0, 0.1) is 17.7 Å². The molecule has 2 unspecified atom stereocenters. The molecule has 1 saturated carbocycles. The van der Waals surface area contributed by atoms with Crippen molar-refractivity contribution in [1.82, 2.24) is 4.90 Å². The average molecular weight is 322 g/mol. The lowest BCUT2D eigenvalue weighted by Gasteiger charge is -2.26. The number of amides is 2. The summed E-state index contributed by atoms with van der Waals surface area (Å²) in [6.45, 7) is 3.36. The zero-order valence-corrected chi connectivity index (χ0v) is 13.0. The third kappa shape index (κ3) is 4.28. The zero-order valence-electron chi connectivity index (χ0n) is 13.0. The van der Waals surface area contributed by atoms with Gasteiger partial charge in [0.25, 0.3) is 0 Å². The number of carboxylic acid groups (broad SMARTS) is 1. The van der Waals surface area contributed by atoms with E-state index in [0.717, 1.165) is 0 Å². The highest BCUT2D eigenvalue weighted by Crippen LogP contribution is 2.40. The second kappa shape index (κ2) is 6.76. The fourth-order valence-corrected chi connectivity index (χ4v) is 2.36. The molecule has 1 aromatic carbocycles. The summed E-state index contributed by atoms with van der Waals surface area (Å²) in [4.78, 5) is 36.6. The molecule has 0 aromatic heterocycles. The van der Waals surface area contributed by atoms with E-state index in [1.165, 1.54) is 29.2 Å². The molecule has 0 bridgehead atoms. The van der Waals surface area contributed by atoms with E-state index in [1.807, 2.05) is 0 Å². The van der Waals surface area contributed by atoms with Crippen molar-refractivity contribution >= 4 is 23.5 Å². The van der Waals surface area contributed by atoms with Gasteiger partial charge < -0.3 is 15.3 Å². The highest BCUT2D eigenvalue weighted by atomic mass is 19.1. The molecule has 0 radical (unpaired) electrons. The predicted octanol–water partition coefficient (Wildman–Crippen LogP) is 1.72. The molecule has 7 heteroatoms. The molecule has 2 N–H and O–H groups in total. The molecule has 2 rings (SSSR count). The van der Waals surface area contributed by atoms with Crippen molar-refractivity contribution < 1.29 is 23.9 Å². The zero-order chi connectivity index (χ0) is 17.1. The van der Waals surface area contributed by atoms with Gasteiger partial charge in [0.05, 0.1) is 11.8 Å². The van der Waals surface area contributed by atoms with Crippen molar-refractivity contribution in [3.05, 3.63) is 30.1 Å². The largest absolute Gasteiger partial charge is 0.481 e. The van der Waals surface area contributed by atoms with Crippen molar-refractivity contribution in [2.75, 3.05) is 11.9 Å². The number of hydrogen-bond donors (Lipinski definition) is 2. The molecule has 2 amide bonds. The predicted molar refractivity (Wildman–Crippen MR) is 81.1 cm³/mol. The summed E-state index contributed by atoms with van der Waals surface area (Å²) in [5.74, 6) is -3.32. The fraction of sp³-hybridized carbons (Fsp3) is 0.438. The summed E-state index contributed by atoms with van der Waals surface area (Å²) in [7, 11) is 0. The van der Waals surface area contributed by atoms with Gasteiger partial charge in [0.1, 0.15) is 12.4 Å². The number of anilines is 1. The van der Waals surface area contributed by atoms with Crippen molar-refractivity contribution in [2.45, 2.75) is 26.3 Å². The molecule has 1 aliphatic carbocycles. The summed E-state index contributed by atoms with van der Waals surface area (Å²) in [6, 6.07) is 5.08. The Morgan fingerprint density at radius 3 is 2.35 bits per heavy atom. The first-order chi connectivity index (χ1) is 10.8. The Kier molecular flexibility index (Phi) is 4.98. The lowest BCUT2D eigenvalue weighted by Crippen LogP contribution is -2.43. The van der Waals surface area contributed by atoms with Crippen molar-refractivity contribution in [3.63, 3.8) is 0 Å². The minimum absolute atomic E-state index is 0.170. The van der Waals surface area contributed by atoms with E-state index in [-0.39, 0.29) is 18.5 Å². The van der Waals surface area contributed by atoms with Crippen LogP contribution >= 0.6 is 0 Å². The molecule has 23 heavy (non-hydrogen) atoms. The maximum Gasteiger partial charge on any atom is 0.307 e. The monoisotopic (exact) mass is 322 g/mol. The van der Waals surface area contributed by atoms with Crippen molar-refractivity contribution in [2.24, 2.45) is 11.8 Å². The van der Waals surface area contributed by atoms with E-state index >= 15 is 0 Å². The molecule has 2 atom stereocenters. The highest BCUT2D eigenvalue weighted by Gasteiger charge is 2.50. The van der Waals surface area contributed by atoms with Crippen LogP contribution in [0.25, 0.3) is 0 Å². The Bertz CT molecular complexity index is 615. The number of rotatable bonds is 6. The first-order valence-electron chi connectivity index (χ1n) is 7.38. The van der Waals surface area contributed by atoms with Crippen LogP contribution in [0.15, 0.2) is 24.3 Å². The molecular formula is C16H19FN2O4. The third-order valence-corrected chi connectivity index (χ3v) is 3.77. The number of aliphatic carboxylic acids is 1. The van der Waals surface area contributed by atoms with Crippen LogP contribution in [0.4, 0.5) is 10.1 Å². The van der Waals surface area contributed by atoms with E-state index in [9.17, 15) is 18.8 Å². The van der Waals surface area contributed by atoms with Crippen LogP contribution in [-0.2, 0) is 14.4 Å². The summed E-state index contributed by atoms with van der Waals surface area (Å²) >= 11 is 0. The summed E-state index contributed by atoms with van der Waals surface area (Å²) < 4.78 is 12.8. The van der Waals surface area contributed by atoms with Gasteiger partial charge in [0.2, 0.25) is 11.8 Å². The third-order valence-electron chi connectivity index (χ3n) is 3.77. The Balaban J connectivity index is 1.96. The van der Waals surface area contributed by atoms with Gasteiger partial charge in [-0.15, -0.1) is 0 Å². The van der Waals surface area contributed by atoms with Gasteiger partial charge in [-0.3, -0.25) is 14.4 Å². The average Bonchev–Trinajstić information content (AvgIpc) is 3.27. The van der Waals surface area contributed by atoms with Gasteiger partial charge in [-0.05, 0) is 44.5 Å². The fourth-order valence-electron chi connectivity index (χ4n) is 2.36. The van der Waals surface area contributed by atoms with Crippen LogP contribution < -0.4 is 5.32 Å². The summed E-state index contributed by atoms with van der Waals surface area (Å²) in [5.41, 5.74) is 0.433. The molecule has 1 fully saturated rings. The Labute approximate surface area is 133 Å². The van der Waals surface area contributed by atoms with Gasteiger partial charge in [-0.25, -0.2) is 4.39 Å². The lowest BCUT2D eigenvalue weighted by molar-refractivity contribution is -0.143. The number of hydrogen-bond acceptors (Lipinski definition) is 3. The summed E-state index contributed by atoms with van der Waals surface area (Å²) in [6.07, 6.45) is 0.316. The van der Waals surface area contributed by atoms with Crippen molar-refractivity contribution in [3.8, 4) is 0 Å². The highest BCUT2D eigenvalue weighted by molar-refractivity contribution is 5.96. The smallest absolute Gasteiger partial charge is 0.307 e. The van der Waals surface area contributed by atoms with E-state index in [1.54, 1.807) is 13.8 Å². The first-order valence-corrected chi connectivity index (χ1v) is 7.38.